The minimum Gasteiger partial charge on any atom is -0.372 e. The lowest BCUT2D eigenvalue weighted by Gasteiger charge is -2.54. The van der Waals surface area contributed by atoms with Crippen molar-refractivity contribution in [2.75, 3.05) is 11.9 Å². The van der Waals surface area contributed by atoms with Gasteiger partial charge in [-0.3, -0.25) is 19.4 Å². The van der Waals surface area contributed by atoms with Gasteiger partial charge in [-0.2, -0.15) is 5.26 Å². The Morgan fingerprint density at radius 3 is 2.66 bits per heavy atom. The van der Waals surface area contributed by atoms with E-state index in [9.17, 15) is 19.6 Å². The van der Waals surface area contributed by atoms with Crippen molar-refractivity contribution < 1.29 is 23.2 Å². The third-order valence-corrected chi connectivity index (χ3v) is 8.39. The number of aryl methyl sites for hydroxylation is 1. The van der Waals surface area contributed by atoms with Gasteiger partial charge >= 0.3 is 0 Å². The number of nitrogens with one attached hydrogen (secondary N) is 3. The Labute approximate surface area is 220 Å². The van der Waals surface area contributed by atoms with E-state index in [0.29, 0.717) is 37.4 Å². The average Bonchev–Trinajstić information content (AvgIpc) is 3.61. The molecule has 0 unspecified atom stereocenters. The molecule has 1 aromatic heterocycles. The number of halogens is 2. The van der Waals surface area contributed by atoms with Gasteiger partial charge in [0, 0.05) is 37.3 Å². The Hall–Kier alpha value is -3.29. The largest absolute Gasteiger partial charge is 0.372 e. The van der Waals surface area contributed by atoms with E-state index in [2.05, 4.69) is 20.9 Å². The SMILES string of the molecule is Cc1cncc(N[C@@H](CC2CC2)C(=O)N2[C@H]3CC[C@@H]([C@H]2C(=O)N[C@@H](C#N)C[C@H]2CCNC2=O)C(F)(F)C3)c1. The first-order valence-corrected chi connectivity index (χ1v) is 13.5. The summed E-state index contributed by atoms with van der Waals surface area (Å²) >= 11 is 0. The highest BCUT2D eigenvalue weighted by Crippen LogP contribution is 2.49. The fourth-order valence-electron chi connectivity index (χ4n) is 6.30. The van der Waals surface area contributed by atoms with Gasteiger partial charge in [0.15, 0.2) is 0 Å². The van der Waals surface area contributed by atoms with E-state index in [-0.39, 0.29) is 24.7 Å². The van der Waals surface area contributed by atoms with Crippen LogP contribution in [0.5, 0.6) is 0 Å². The van der Waals surface area contributed by atoms with Crippen LogP contribution in [0.4, 0.5) is 14.5 Å². The summed E-state index contributed by atoms with van der Waals surface area (Å²) in [6.45, 7) is 2.39. The smallest absolute Gasteiger partial charge is 0.255 e. The number of alkyl halides is 2. The molecule has 3 saturated heterocycles. The van der Waals surface area contributed by atoms with Crippen molar-refractivity contribution >= 4 is 23.4 Å². The number of carbonyl (C=O) groups excluding carboxylic acids is 3. The van der Waals surface area contributed by atoms with Crippen LogP contribution in [0.1, 0.15) is 56.9 Å². The summed E-state index contributed by atoms with van der Waals surface area (Å²) in [6.07, 6.45) is 6.59. The molecule has 2 bridgehead atoms. The van der Waals surface area contributed by atoms with Crippen LogP contribution in [-0.2, 0) is 14.4 Å². The zero-order chi connectivity index (χ0) is 27.0. The zero-order valence-corrected chi connectivity index (χ0v) is 21.5. The Kier molecular flexibility index (Phi) is 7.25. The van der Waals surface area contributed by atoms with Crippen molar-refractivity contribution in [1.82, 2.24) is 20.5 Å². The number of amides is 3. The number of hydrogen-bond donors (Lipinski definition) is 3. The maximum Gasteiger partial charge on any atom is 0.255 e. The summed E-state index contributed by atoms with van der Waals surface area (Å²) in [5.74, 6) is -5.77. The van der Waals surface area contributed by atoms with Gasteiger partial charge in [-0.1, -0.05) is 12.8 Å². The second-order valence-electron chi connectivity index (χ2n) is 11.3. The summed E-state index contributed by atoms with van der Waals surface area (Å²) in [5.41, 5.74) is 1.58. The van der Waals surface area contributed by atoms with Crippen LogP contribution < -0.4 is 16.0 Å². The predicted molar refractivity (Wildman–Crippen MR) is 134 cm³/mol. The van der Waals surface area contributed by atoms with E-state index in [1.165, 1.54) is 4.90 Å². The molecule has 5 aliphatic rings. The molecule has 0 radical (unpaired) electrons. The molecule has 11 heteroatoms. The van der Waals surface area contributed by atoms with Crippen LogP contribution in [0.3, 0.4) is 0 Å². The van der Waals surface area contributed by atoms with Crippen molar-refractivity contribution in [2.24, 2.45) is 17.8 Å². The molecule has 1 aromatic rings. The molecular formula is C27H34F2N6O3. The first-order chi connectivity index (χ1) is 18.2. The van der Waals surface area contributed by atoms with Gasteiger partial charge < -0.3 is 20.9 Å². The molecule has 3 aliphatic heterocycles. The van der Waals surface area contributed by atoms with E-state index >= 15 is 8.78 Å². The maximum absolute atomic E-state index is 15.1. The van der Waals surface area contributed by atoms with Crippen LogP contribution in [0, 0.1) is 36.0 Å². The lowest BCUT2D eigenvalue weighted by Crippen LogP contribution is -2.70. The number of pyridine rings is 1. The molecule has 3 N–H and O–H groups in total. The van der Waals surface area contributed by atoms with Crippen LogP contribution in [0.2, 0.25) is 0 Å². The number of nitrogens with zero attached hydrogens (tertiary/aromatic N) is 3. The molecule has 9 nitrogen and oxygen atoms in total. The number of anilines is 1. The molecular weight excluding hydrogens is 494 g/mol. The van der Waals surface area contributed by atoms with Crippen LogP contribution >= 0.6 is 0 Å². The van der Waals surface area contributed by atoms with Crippen molar-refractivity contribution in [1.29, 1.82) is 5.26 Å². The first kappa shape index (κ1) is 26.3. The molecule has 2 saturated carbocycles. The molecule has 4 heterocycles. The third kappa shape index (κ3) is 5.45. The standard InChI is InChI=1S/C27H34F2N6O3/c1-15-8-19(14-31-13-15)33-22(9-16-2-3-16)26(38)35-20-4-5-21(27(28,29)11-20)23(35)25(37)34-18(12-30)10-17-6-7-32-24(17)36/h8,13-14,16-18,20-23,33H,2-7,9-11H2,1H3,(H,32,36)(H,34,37)/t17-,18-,20+,21+,22+,23+/m1/s1. The molecule has 5 fully saturated rings. The second-order valence-corrected chi connectivity index (χ2v) is 11.3. The van der Waals surface area contributed by atoms with Gasteiger partial charge in [0.2, 0.25) is 17.7 Å². The highest BCUT2D eigenvalue weighted by atomic mass is 19.3. The number of aromatic nitrogens is 1. The first-order valence-electron chi connectivity index (χ1n) is 13.5. The summed E-state index contributed by atoms with van der Waals surface area (Å²) < 4.78 is 30.2. The van der Waals surface area contributed by atoms with E-state index in [0.717, 1.165) is 18.4 Å². The normalized spacial score (nSPS) is 29.2. The quantitative estimate of drug-likeness (QED) is 0.452. The fraction of sp³-hybridized carbons (Fsp3) is 0.667. The number of rotatable bonds is 9. The lowest BCUT2D eigenvalue weighted by molar-refractivity contribution is -0.194. The number of fused-ring (bicyclic) bond motifs is 3. The van der Waals surface area contributed by atoms with Crippen molar-refractivity contribution in [3.63, 3.8) is 0 Å². The Bertz CT molecular complexity index is 1140. The molecule has 3 amide bonds. The predicted octanol–water partition coefficient (Wildman–Crippen LogP) is 2.52. The Morgan fingerprint density at radius 2 is 2.03 bits per heavy atom. The van der Waals surface area contributed by atoms with Gasteiger partial charge in [-0.25, -0.2) is 8.78 Å². The minimum atomic E-state index is -3.09. The number of nitriles is 1. The molecule has 6 atom stereocenters. The van der Waals surface area contributed by atoms with Crippen molar-refractivity contribution in [2.45, 2.75) is 88.4 Å². The van der Waals surface area contributed by atoms with Crippen LogP contribution in [0.25, 0.3) is 0 Å². The van der Waals surface area contributed by atoms with E-state index < -0.39 is 54.3 Å². The molecule has 6 rings (SSSR count). The monoisotopic (exact) mass is 528 g/mol. The maximum atomic E-state index is 15.1. The third-order valence-electron chi connectivity index (χ3n) is 8.39. The zero-order valence-electron chi connectivity index (χ0n) is 21.5. The Balaban J connectivity index is 1.38. The second kappa shape index (κ2) is 10.5. The van der Waals surface area contributed by atoms with Gasteiger partial charge in [-0.15, -0.1) is 0 Å². The molecule has 2 aliphatic carbocycles. The summed E-state index contributed by atoms with van der Waals surface area (Å²) in [4.78, 5) is 45.1. The highest BCUT2D eigenvalue weighted by molar-refractivity contribution is 5.92. The van der Waals surface area contributed by atoms with Gasteiger partial charge in [0.1, 0.15) is 18.1 Å². The molecule has 0 aromatic carbocycles. The average molecular weight is 529 g/mol. The summed E-state index contributed by atoms with van der Waals surface area (Å²) in [5, 5.41) is 18.2. The summed E-state index contributed by atoms with van der Waals surface area (Å²) in [6, 6.07) is 0.0408. The lowest BCUT2D eigenvalue weighted by atomic mass is 9.71. The number of carbonyl (C=O) groups is 3. The van der Waals surface area contributed by atoms with E-state index in [1.807, 2.05) is 19.1 Å². The highest BCUT2D eigenvalue weighted by Gasteiger charge is 2.61. The van der Waals surface area contributed by atoms with Gasteiger partial charge in [0.25, 0.3) is 5.92 Å². The molecule has 204 valence electrons. The number of piperidine rings is 2. The van der Waals surface area contributed by atoms with Gasteiger partial charge in [0.05, 0.1) is 17.7 Å². The van der Waals surface area contributed by atoms with Gasteiger partial charge in [-0.05, 0) is 56.6 Å². The molecule has 0 spiro atoms. The van der Waals surface area contributed by atoms with E-state index in [4.69, 9.17) is 0 Å². The molecule has 38 heavy (non-hydrogen) atoms. The summed E-state index contributed by atoms with van der Waals surface area (Å²) in [7, 11) is 0. The fourth-order valence-corrected chi connectivity index (χ4v) is 6.30. The van der Waals surface area contributed by atoms with E-state index in [1.54, 1.807) is 12.4 Å². The van der Waals surface area contributed by atoms with Crippen molar-refractivity contribution in [3.05, 3.63) is 24.0 Å². The van der Waals surface area contributed by atoms with Crippen LogP contribution in [0.15, 0.2) is 18.5 Å². The minimum absolute atomic E-state index is 0.103. The van der Waals surface area contributed by atoms with Crippen LogP contribution in [-0.4, -0.2) is 64.2 Å². The van der Waals surface area contributed by atoms with Crippen molar-refractivity contribution in [3.8, 4) is 6.07 Å². The number of hydrogen-bond acceptors (Lipinski definition) is 6. The Morgan fingerprint density at radius 1 is 1.24 bits per heavy atom. The topological polar surface area (TPSA) is 127 Å².